The molecule has 3 aromatic rings. The highest BCUT2D eigenvalue weighted by Gasteiger charge is 2.31. The summed E-state index contributed by atoms with van der Waals surface area (Å²) >= 11 is 0. The molecule has 0 spiro atoms. The summed E-state index contributed by atoms with van der Waals surface area (Å²) in [6.45, 7) is 7.51. The first kappa shape index (κ1) is 24.6. The number of sulfonamides is 1. The highest BCUT2D eigenvalue weighted by atomic mass is 32.2. The number of ether oxygens (including phenoxy) is 1. The number of hydrogen-bond donors (Lipinski definition) is 1. The maximum atomic E-state index is 13.2. The fourth-order valence-electron chi connectivity index (χ4n) is 4.13. The monoisotopic (exact) mass is 496 g/mol. The van der Waals surface area contributed by atoms with Crippen LogP contribution in [0.1, 0.15) is 36.8 Å². The highest BCUT2D eigenvalue weighted by molar-refractivity contribution is 7.89. The number of nitrogens with zero attached hydrogens (tertiary/aromatic N) is 3. The van der Waals surface area contributed by atoms with Crippen LogP contribution in [0.15, 0.2) is 47.4 Å². The zero-order valence-electron chi connectivity index (χ0n) is 19.0. The van der Waals surface area contributed by atoms with Crippen molar-refractivity contribution in [2.45, 2.75) is 44.1 Å². The van der Waals surface area contributed by atoms with Gasteiger partial charge in [-0.3, -0.25) is 4.90 Å². The summed E-state index contributed by atoms with van der Waals surface area (Å²) in [7, 11) is -3.87. The summed E-state index contributed by atoms with van der Waals surface area (Å²) in [5.74, 6) is 0.351. The molecule has 0 bridgehead atoms. The molecule has 0 amide bonds. The second kappa shape index (κ2) is 9.65. The zero-order chi connectivity index (χ0) is 24.5. The minimum Gasteiger partial charge on any atom is -0.379 e. The van der Waals surface area contributed by atoms with Gasteiger partial charge in [-0.2, -0.15) is 13.2 Å². The molecule has 11 heteroatoms. The van der Waals surface area contributed by atoms with E-state index in [-0.39, 0.29) is 4.90 Å². The molecule has 1 fully saturated rings. The summed E-state index contributed by atoms with van der Waals surface area (Å²) in [4.78, 5) is 6.77. The molecule has 1 aliphatic heterocycles. The summed E-state index contributed by atoms with van der Waals surface area (Å²) in [5, 5.41) is 0. The average molecular weight is 497 g/mol. The quantitative estimate of drug-likeness (QED) is 0.536. The van der Waals surface area contributed by atoms with E-state index in [0.29, 0.717) is 43.2 Å². The van der Waals surface area contributed by atoms with Crippen LogP contribution in [0.5, 0.6) is 0 Å². The smallest absolute Gasteiger partial charge is 0.379 e. The fourth-order valence-corrected chi connectivity index (χ4v) is 5.33. The number of aromatic nitrogens is 2. The molecule has 1 saturated heterocycles. The number of benzene rings is 2. The Labute approximate surface area is 196 Å². The van der Waals surface area contributed by atoms with Crippen LogP contribution in [0.2, 0.25) is 0 Å². The third-order valence-corrected chi connectivity index (χ3v) is 7.44. The summed E-state index contributed by atoms with van der Waals surface area (Å²) in [6, 6.07) is 9.27. The predicted octanol–water partition coefficient (Wildman–Crippen LogP) is 3.95. The van der Waals surface area contributed by atoms with Gasteiger partial charge in [0, 0.05) is 26.2 Å². The number of imidazole rings is 1. The van der Waals surface area contributed by atoms with Gasteiger partial charge in [-0.05, 0) is 49.7 Å². The van der Waals surface area contributed by atoms with Gasteiger partial charge < -0.3 is 9.30 Å². The Morgan fingerprint density at radius 2 is 1.79 bits per heavy atom. The van der Waals surface area contributed by atoms with Crippen molar-refractivity contribution in [1.29, 1.82) is 0 Å². The van der Waals surface area contributed by atoms with Crippen molar-refractivity contribution in [3.63, 3.8) is 0 Å². The van der Waals surface area contributed by atoms with Gasteiger partial charge >= 0.3 is 6.18 Å². The minimum atomic E-state index is -4.47. The van der Waals surface area contributed by atoms with Crippen LogP contribution in [0.3, 0.4) is 0 Å². The van der Waals surface area contributed by atoms with Gasteiger partial charge in [0.25, 0.3) is 0 Å². The normalized spacial score (nSPS) is 16.7. The third kappa shape index (κ3) is 5.27. The molecule has 2 aromatic carbocycles. The van der Waals surface area contributed by atoms with E-state index < -0.39 is 27.8 Å². The second-order valence-electron chi connectivity index (χ2n) is 8.29. The second-order valence-corrected chi connectivity index (χ2v) is 10.0. The van der Waals surface area contributed by atoms with Crippen molar-refractivity contribution in [2.75, 3.05) is 26.3 Å². The number of fused-ring (bicyclic) bond motifs is 1. The molecule has 1 aliphatic rings. The topological polar surface area (TPSA) is 76.5 Å². The van der Waals surface area contributed by atoms with Crippen LogP contribution in [0.4, 0.5) is 13.2 Å². The van der Waals surface area contributed by atoms with Crippen LogP contribution < -0.4 is 4.72 Å². The number of halogens is 3. The van der Waals surface area contributed by atoms with Crippen molar-refractivity contribution in [3.8, 4) is 0 Å². The fraction of sp³-hybridized carbons (Fsp3) is 0.435. The molecule has 1 N–H and O–H groups in total. The van der Waals surface area contributed by atoms with Gasteiger partial charge in [-0.1, -0.05) is 12.1 Å². The molecule has 184 valence electrons. The van der Waals surface area contributed by atoms with E-state index in [9.17, 15) is 21.6 Å². The van der Waals surface area contributed by atoms with E-state index in [2.05, 4.69) is 14.6 Å². The Bertz CT molecular complexity index is 1250. The van der Waals surface area contributed by atoms with Crippen LogP contribution in [-0.4, -0.2) is 49.2 Å². The first-order chi connectivity index (χ1) is 16.1. The van der Waals surface area contributed by atoms with Gasteiger partial charge in [-0.25, -0.2) is 18.1 Å². The molecule has 1 unspecified atom stereocenters. The summed E-state index contributed by atoms with van der Waals surface area (Å²) in [6.07, 6.45) is -4.47. The Balaban J connectivity index is 1.53. The molecular formula is C23H27F3N4O3S. The molecule has 0 saturated carbocycles. The molecule has 0 aliphatic carbocycles. The van der Waals surface area contributed by atoms with Crippen molar-refractivity contribution < 1.29 is 26.3 Å². The Morgan fingerprint density at radius 1 is 1.12 bits per heavy atom. The SMILES string of the molecule is CCn1c(C(C)NS(=O)(=O)c2ccc(CN3CCOCC3)cc2)nc2ccc(C(F)(F)F)cc21. The summed E-state index contributed by atoms with van der Waals surface area (Å²) in [5.41, 5.74) is 0.919. The standard InChI is InChI=1S/C23H27F3N4O3S/c1-3-30-21-14-18(23(24,25)26)6-9-20(21)27-22(30)16(2)28-34(31,32)19-7-4-17(5-8-19)15-29-10-12-33-13-11-29/h4-9,14,16,28H,3,10-13,15H2,1-2H3. The van der Waals surface area contributed by atoms with Crippen molar-refractivity contribution in [1.82, 2.24) is 19.2 Å². The number of rotatable bonds is 7. The first-order valence-electron chi connectivity index (χ1n) is 11.1. The lowest BCUT2D eigenvalue weighted by Crippen LogP contribution is -2.35. The largest absolute Gasteiger partial charge is 0.416 e. The van der Waals surface area contributed by atoms with Crippen LogP contribution in [-0.2, 0) is 34.0 Å². The maximum Gasteiger partial charge on any atom is 0.416 e. The van der Waals surface area contributed by atoms with Crippen LogP contribution in [0, 0.1) is 0 Å². The van der Waals surface area contributed by atoms with Crippen molar-refractivity contribution in [2.24, 2.45) is 0 Å². The lowest BCUT2D eigenvalue weighted by atomic mass is 10.2. The zero-order valence-corrected chi connectivity index (χ0v) is 19.8. The lowest BCUT2D eigenvalue weighted by Gasteiger charge is -2.26. The maximum absolute atomic E-state index is 13.2. The van der Waals surface area contributed by atoms with Gasteiger partial charge in [0.1, 0.15) is 5.82 Å². The predicted molar refractivity (Wildman–Crippen MR) is 122 cm³/mol. The molecule has 2 heterocycles. The first-order valence-corrected chi connectivity index (χ1v) is 12.6. The number of aryl methyl sites for hydroxylation is 1. The number of hydrogen-bond acceptors (Lipinski definition) is 5. The molecule has 1 aromatic heterocycles. The average Bonchev–Trinajstić information content (AvgIpc) is 3.17. The lowest BCUT2D eigenvalue weighted by molar-refractivity contribution is -0.137. The molecule has 4 rings (SSSR count). The van der Waals surface area contributed by atoms with Gasteiger partial charge in [-0.15, -0.1) is 0 Å². The Morgan fingerprint density at radius 3 is 2.41 bits per heavy atom. The van der Waals surface area contributed by atoms with Crippen LogP contribution in [0.25, 0.3) is 11.0 Å². The number of alkyl halides is 3. The van der Waals surface area contributed by atoms with E-state index in [4.69, 9.17) is 4.74 Å². The summed E-state index contributed by atoms with van der Waals surface area (Å²) < 4.78 is 75.0. The van der Waals surface area contributed by atoms with Crippen molar-refractivity contribution >= 4 is 21.1 Å². The van der Waals surface area contributed by atoms with E-state index in [1.54, 1.807) is 42.7 Å². The van der Waals surface area contributed by atoms with E-state index >= 15 is 0 Å². The Kier molecular flexibility index (Phi) is 6.99. The third-order valence-electron chi connectivity index (χ3n) is 5.88. The molecule has 0 radical (unpaired) electrons. The van der Waals surface area contributed by atoms with E-state index in [0.717, 1.165) is 30.8 Å². The Hall–Kier alpha value is -2.47. The van der Waals surface area contributed by atoms with Gasteiger partial charge in [0.05, 0.1) is 40.7 Å². The van der Waals surface area contributed by atoms with Gasteiger partial charge in [0.2, 0.25) is 10.0 Å². The van der Waals surface area contributed by atoms with Crippen LogP contribution >= 0.6 is 0 Å². The highest BCUT2D eigenvalue weighted by Crippen LogP contribution is 2.32. The molecular weight excluding hydrogens is 469 g/mol. The molecule has 34 heavy (non-hydrogen) atoms. The number of nitrogens with one attached hydrogen (secondary N) is 1. The van der Waals surface area contributed by atoms with Gasteiger partial charge in [0.15, 0.2) is 0 Å². The molecule has 1 atom stereocenters. The van der Waals surface area contributed by atoms with Crippen molar-refractivity contribution in [3.05, 3.63) is 59.4 Å². The van der Waals surface area contributed by atoms with E-state index in [1.165, 1.54) is 6.07 Å². The minimum absolute atomic E-state index is 0.114. The van der Waals surface area contributed by atoms with E-state index in [1.807, 2.05) is 0 Å². The number of morpholine rings is 1. The molecule has 7 nitrogen and oxygen atoms in total.